The average molecular weight is 333 g/mol. The second-order valence-corrected chi connectivity index (χ2v) is 6.31. The van der Waals surface area contributed by atoms with Crippen LogP contribution in [0.2, 0.25) is 0 Å². The number of nitrogens with zero attached hydrogens (tertiary/aromatic N) is 1. The van der Waals surface area contributed by atoms with Crippen molar-refractivity contribution in [2.75, 3.05) is 31.6 Å². The minimum absolute atomic E-state index is 0.213. The molecule has 0 saturated heterocycles. The van der Waals surface area contributed by atoms with Gasteiger partial charge < -0.3 is 25.2 Å². The Bertz CT molecular complexity index is 577. The predicted molar refractivity (Wildman–Crippen MR) is 95.0 cm³/mol. The molecule has 1 aromatic rings. The van der Waals surface area contributed by atoms with Crippen molar-refractivity contribution in [3.05, 3.63) is 18.2 Å². The van der Waals surface area contributed by atoms with Crippen LogP contribution in [0.4, 0.5) is 5.69 Å². The number of fused-ring (bicyclic) bond motifs is 1. The number of rotatable bonds is 4. The van der Waals surface area contributed by atoms with Gasteiger partial charge in [0, 0.05) is 37.2 Å². The normalized spacial score (nSPS) is 23.7. The van der Waals surface area contributed by atoms with Crippen LogP contribution in [0, 0.1) is 5.92 Å². The first-order valence-electron chi connectivity index (χ1n) is 8.89. The van der Waals surface area contributed by atoms with Crippen molar-refractivity contribution in [3.63, 3.8) is 0 Å². The Morgan fingerprint density at radius 2 is 2.04 bits per heavy atom. The van der Waals surface area contributed by atoms with E-state index in [0.717, 1.165) is 55.4 Å². The van der Waals surface area contributed by atoms with Gasteiger partial charge >= 0.3 is 0 Å². The van der Waals surface area contributed by atoms with Crippen molar-refractivity contribution < 1.29 is 14.6 Å². The molecule has 1 saturated carbocycles. The summed E-state index contributed by atoms with van der Waals surface area (Å²) in [5.74, 6) is 2.55. The highest BCUT2D eigenvalue weighted by molar-refractivity contribution is 5.93. The number of guanidine groups is 1. The molecule has 0 bridgehead atoms. The molecule has 0 aromatic heterocycles. The molecule has 1 fully saturated rings. The number of ether oxygens (including phenoxy) is 2. The Hall–Kier alpha value is -1.95. The van der Waals surface area contributed by atoms with E-state index in [-0.39, 0.29) is 12.0 Å². The van der Waals surface area contributed by atoms with Crippen LogP contribution in [0.1, 0.15) is 32.6 Å². The van der Waals surface area contributed by atoms with Gasteiger partial charge in [0.15, 0.2) is 17.5 Å². The van der Waals surface area contributed by atoms with Crippen LogP contribution in [0.25, 0.3) is 0 Å². The minimum atomic E-state index is -0.213. The molecule has 6 heteroatoms. The molecule has 3 N–H and O–H groups in total. The van der Waals surface area contributed by atoms with Crippen LogP contribution in [-0.2, 0) is 0 Å². The first-order valence-corrected chi connectivity index (χ1v) is 8.89. The zero-order valence-electron chi connectivity index (χ0n) is 14.3. The van der Waals surface area contributed by atoms with Crippen LogP contribution in [0.15, 0.2) is 23.2 Å². The highest BCUT2D eigenvalue weighted by Crippen LogP contribution is 2.32. The molecular formula is C18H27N3O3. The smallest absolute Gasteiger partial charge is 0.195 e. The fourth-order valence-electron chi connectivity index (χ4n) is 3.12. The summed E-state index contributed by atoms with van der Waals surface area (Å²) in [6.45, 7) is 4.82. The molecule has 2 unspecified atom stereocenters. The molecule has 6 nitrogen and oxygen atoms in total. The van der Waals surface area contributed by atoms with Gasteiger partial charge in [0.2, 0.25) is 0 Å². The number of benzene rings is 1. The lowest BCUT2D eigenvalue weighted by molar-refractivity contribution is 0.137. The van der Waals surface area contributed by atoms with E-state index in [1.807, 2.05) is 25.1 Å². The summed E-state index contributed by atoms with van der Waals surface area (Å²) < 4.78 is 11.4. The minimum Gasteiger partial charge on any atom is -0.490 e. The fraction of sp³-hybridized carbons (Fsp3) is 0.611. The predicted octanol–water partition coefficient (Wildman–Crippen LogP) is 2.39. The molecule has 0 amide bonds. The monoisotopic (exact) mass is 333 g/mol. The maximum atomic E-state index is 9.94. The quantitative estimate of drug-likeness (QED) is 0.583. The van der Waals surface area contributed by atoms with E-state index >= 15 is 0 Å². The number of aliphatic imine (C=N–C) groups is 1. The van der Waals surface area contributed by atoms with Crippen LogP contribution in [0.3, 0.4) is 0 Å². The molecule has 24 heavy (non-hydrogen) atoms. The highest BCUT2D eigenvalue weighted by Gasteiger charge is 2.24. The zero-order chi connectivity index (χ0) is 16.8. The molecule has 1 aliphatic heterocycles. The van der Waals surface area contributed by atoms with E-state index in [4.69, 9.17) is 9.47 Å². The van der Waals surface area contributed by atoms with Crippen molar-refractivity contribution in [3.8, 4) is 11.5 Å². The lowest BCUT2D eigenvalue weighted by Gasteiger charge is -2.16. The van der Waals surface area contributed by atoms with Crippen LogP contribution < -0.4 is 20.1 Å². The van der Waals surface area contributed by atoms with Crippen molar-refractivity contribution in [1.29, 1.82) is 0 Å². The molecular weight excluding hydrogens is 306 g/mol. The van der Waals surface area contributed by atoms with Gasteiger partial charge in [-0.15, -0.1) is 0 Å². The van der Waals surface area contributed by atoms with E-state index in [9.17, 15) is 5.11 Å². The lowest BCUT2D eigenvalue weighted by Crippen LogP contribution is -2.31. The molecule has 1 heterocycles. The maximum absolute atomic E-state index is 9.94. The van der Waals surface area contributed by atoms with Gasteiger partial charge in [-0.25, -0.2) is 0 Å². The summed E-state index contributed by atoms with van der Waals surface area (Å²) in [6.07, 6.45) is 3.72. The molecule has 2 aliphatic rings. The standard InChI is InChI=1S/C18H27N3O3/c1-2-19-18(20-12-13-5-3-6-15(13)22)21-14-7-8-16-17(11-14)24-10-4-9-23-16/h7-8,11,13,15,22H,2-6,9-10,12H2,1H3,(H2,19,20,21). The van der Waals surface area contributed by atoms with Crippen molar-refractivity contribution >= 4 is 11.6 Å². The summed E-state index contributed by atoms with van der Waals surface area (Å²) in [6, 6.07) is 5.83. The third-order valence-electron chi connectivity index (χ3n) is 4.46. The molecule has 1 aliphatic carbocycles. The summed E-state index contributed by atoms with van der Waals surface area (Å²) in [7, 11) is 0. The van der Waals surface area contributed by atoms with E-state index in [1.54, 1.807) is 0 Å². The molecule has 0 radical (unpaired) electrons. The summed E-state index contributed by atoms with van der Waals surface area (Å²) in [5, 5.41) is 16.5. The topological polar surface area (TPSA) is 75.1 Å². The second kappa shape index (κ2) is 8.24. The van der Waals surface area contributed by atoms with E-state index in [0.29, 0.717) is 19.8 Å². The second-order valence-electron chi connectivity index (χ2n) is 6.31. The number of hydrogen-bond acceptors (Lipinski definition) is 4. The van der Waals surface area contributed by atoms with Crippen LogP contribution >= 0.6 is 0 Å². The van der Waals surface area contributed by atoms with Crippen LogP contribution in [-0.4, -0.2) is 43.5 Å². The number of aliphatic hydroxyl groups excluding tert-OH is 1. The summed E-state index contributed by atoms with van der Waals surface area (Å²) in [5.41, 5.74) is 0.908. The van der Waals surface area contributed by atoms with Gasteiger partial charge in [0.1, 0.15) is 0 Å². The van der Waals surface area contributed by atoms with Crippen molar-refractivity contribution in [1.82, 2.24) is 5.32 Å². The van der Waals surface area contributed by atoms with Crippen LogP contribution in [0.5, 0.6) is 11.5 Å². The van der Waals surface area contributed by atoms with Gasteiger partial charge in [-0.1, -0.05) is 6.42 Å². The molecule has 132 valence electrons. The number of hydrogen-bond donors (Lipinski definition) is 3. The fourth-order valence-corrected chi connectivity index (χ4v) is 3.12. The number of aliphatic hydroxyl groups is 1. The Balaban J connectivity index is 1.67. The van der Waals surface area contributed by atoms with E-state index in [2.05, 4.69) is 15.6 Å². The molecule has 3 rings (SSSR count). The van der Waals surface area contributed by atoms with Gasteiger partial charge in [-0.2, -0.15) is 0 Å². The number of anilines is 1. The molecule has 0 spiro atoms. The van der Waals surface area contributed by atoms with E-state index in [1.165, 1.54) is 0 Å². The average Bonchev–Trinajstić information content (AvgIpc) is 2.85. The Kier molecular flexibility index (Phi) is 5.80. The van der Waals surface area contributed by atoms with Gasteiger partial charge in [-0.3, -0.25) is 4.99 Å². The summed E-state index contributed by atoms with van der Waals surface area (Å²) in [4.78, 5) is 4.63. The third kappa shape index (κ3) is 4.32. The van der Waals surface area contributed by atoms with Gasteiger partial charge in [-0.05, 0) is 31.9 Å². The largest absolute Gasteiger partial charge is 0.490 e. The SMILES string of the molecule is CCNC(=NCC1CCCC1O)Nc1ccc2c(c1)OCCCO2. The maximum Gasteiger partial charge on any atom is 0.195 e. The van der Waals surface area contributed by atoms with Crippen molar-refractivity contribution in [2.45, 2.75) is 38.7 Å². The number of nitrogens with one attached hydrogen (secondary N) is 2. The zero-order valence-corrected chi connectivity index (χ0v) is 14.3. The summed E-state index contributed by atoms with van der Waals surface area (Å²) >= 11 is 0. The first kappa shape index (κ1) is 16.9. The van der Waals surface area contributed by atoms with E-state index < -0.39 is 0 Å². The van der Waals surface area contributed by atoms with Gasteiger partial charge in [0.25, 0.3) is 0 Å². The Labute approximate surface area is 143 Å². The Morgan fingerprint density at radius 1 is 1.21 bits per heavy atom. The third-order valence-corrected chi connectivity index (χ3v) is 4.46. The highest BCUT2D eigenvalue weighted by atomic mass is 16.5. The van der Waals surface area contributed by atoms with Crippen molar-refractivity contribution in [2.24, 2.45) is 10.9 Å². The Morgan fingerprint density at radius 3 is 2.79 bits per heavy atom. The van der Waals surface area contributed by atoms with Gasteiger partial charge in [0.05, 0.1) is 19.3 Å². The lowest BCUT2D eigenvalue weighted by atomic mass is 10.1. The first-order chi connectivity index (χ1) is 11.8. The molecule has 2 atom stereocenters. The molecule has 1 aromatic carbocycles.